The summed E-state index contributed by atoms with van der Waals surface area (Å²) in [7, 11) is 1.66. The Morgan fingerprint density at radius 3 is 2.62 bits per heavy atom. The second-order valence-electron chi connectivity index (χ2n) is 5.30. The molecule has 1 amide bonds. The van der Waals surface area contributed by atoms with Crippen LogP contribution in [0.3, 0.4) is 0 Å². The average Bonchev–Trinajstić information content (AvgIpc) is 2.64. The van der Waals surface area contributed by atoms with Crippen molar-refractivity contribution in [2.45, 2.75) is 6.61 Å². The third-order valence-electron chi connectivity index (χ3n) is 3.41. The summed E-state index contributed by atoms with van der Waals surface area (Å²) in [5.41, 5.74) is 1.69. The summed E-state index contributed by atoms with van der Waals surface area (Å²) in [5, 5.41) is 6.06. The fraction of sp³-hybridized carbons (Fsp3) is 0.316. The summed E-state index contributed by atoms with van der Waals surface area (Å²) in [5.74, 6) is 0.582. The number of amides is 1. The van der Waals surface area contributed by atoms with Crippen molar-refractivity contribution < 1.29 is 14.3 Å². The lowest BCUT2D eigenvalue weighted by Crippen LogP contribution is -2.33. The zero-order valence-corrected chi connectivity index (χ0v) is 14.0. The first-order valence-electron chi connectivity index (χ1n) is 8.04. The van der Waals surface area contributed by atoms with Gasteiger partial charge in [0.05, 0.1) is 6.61 Å². The number of ether oxygens (including phenoxy) is 2. The monoisotopic (exact) mass is 328 g/mol. The van der Waals surface area contributed by atoms with Crippen molar-refractivity contribution in [3.05, 3.63) is 65.7 Å². The van der Waals surface area contributed by atoms with Crippen LogP contribution in [0.2, 0.25) is 0 Å². The lowest BCUT2D eigenvalue weighted by molar-refractivity contribution is 0.0953. The van der Waals surface area contributed by atoms with Crippen LogP contribution in [-0.4, -0.2) is 39.3 Å². The second kappa shape index (κ2) is 10.4. The van der Waals surface area contributed by atoms with E-state index in [-0.39, 0.29) is 5.91 Å². The van der Waals surface area contributed by atoms with E-state index in [9.17, 15) is 4.79 Å². The van der Waals surface area contributed by atoms with Crippen LogP contribution in [0.1, 0.15) is 15.9 Å². The van der Waals surface area contributed by atoms with Crippen molar-refractivity contribution in [3.63, 3.8) is 0 Å². The first-order valence-corrected chi connectivity index (χ1v) is 8.04. The molecule has 5 heteroatoms. The predicted molar refractivity (Wildman–Crippen MR) is 94.3 cm³/mol. The van der Waals surface area contributed by atoms with Crippen molar-refractivity contribution in [3.8, 4) is 5.75 Å². The molecule has 0 aliphatic heterocycles. The van der Waals surface area contributed by atoms with E-state index in [2.05, 4.69) is 10.6 Å². The van der Waals surface area contributed by atoms with Crippen LogP contribution in [-0.2, 0) is 11.3 Å². The van der Waals surface area contributed by atoms with Gasteiger partial charge in [-0.15, -0.1) is 0 Å². The molecule has 0 unspecified atom stereocenters. The SMILES string of the molecule is COCCNCCNC(=O)c1cccc(OCc2ccccc2)c1. The zero-order chi connectivity index (χ0) is 17.0. The Bertz CT molecular complexity index is 617. The molecule has 0 atom stereocenters. The molecule has 0 radical (unpaired) electrons. The van der Waals surface area contributed by atoms with E-state index in [1.54, 1.807) is 19.2 Å². The fourth-order valence-electron chi connectivity index (χ4n) is 2.13. The topological polar surface area (TPSA) is 59.6 Å². The highest BCUT2D eigenvalue weighted by molar-refractivity contribution is 5.94. The van der Waals surface area contributed by atoms with Gasteiger partial charge in [-0.25, -0.2) is 0 Å². The zero-order valence-electron chi connectivity index (χ0n) is 14.0. The number of methoxy groups -OCH3 is 1. The van der Waals surface area contributed by atoms with Crippen LogP contribution < -0.4 is 15.4 Å². The van der Waals surface area contributed by atoms with E-state index in [1.165, 1.54) is 0 Å². The van der Waals surface area contributed by atoms with Gasteiger partial charge in [0.1, 0.15) is 12.4 Å². The number of carbonyl (C=O) groups excluding carboxylic acids is 1. The lowest BCUT2D eigenvalue weighted by atomic mass is 10.2. The normalized spacial score (nSPS) is 10.4. The molecule has 0 aromatic heterocycles. The van der Waals surface area contributed by atoms with Crippen molar-refractivity contribution in [1.29, 1.82) is 0 Å². The number of hydrogen-bond acceptors (Lipinski definition) is 4. The van der Waals surface area contributed by atoms with E-state index in [4.69, 9.17) is 9.47 Å². The maximum atomic E-state index is 12.1. The van der Waals surface area contributed by atoms with Gasteiger partial charge in [0.25, 0.3) is 5.91 Å². The van der Waals surface area contributed by atoms with Crippen molar-refractivity contribution in [2.75, 3.05) is 33.4 Å². The summed E-state index contributed by atoms with van der Waals surface area (Å²) in [4.78, 5) is 12.1. The van der Waals surface area contributed by atoms with Crippen molar-refractivity contribution in [1.82, 2.24) is 10.6 Å². The number of rotatable bonds is 10. The highest BCUT2D eigenvalue weighted by Gasteiger charge is 2.06. The molecule has 5 nitrogen and oxygen atoms in total. The van der Waals surface area contributed by atoms with Crippen molar-refractivity contribution in [2.24, 2.45) is 0 Å². The van der Waals surface area contributed by atoms with E-state index in [0.29, 0.717) is 37.6 Å². The van der Waals surface area contributed by atoms with Gasteiger partial charge >= 0.3 is 0 Å². The molecule has 2 rings (SSSR count). The molecule has 24 heavy (non-hydrogen) atoms. The van der Waals surface area contributed by atoms with E-state index in [1.807, 2.05) is 42.5 Å². The molecule has 0 saturated carbocycles. The summed E-state index contributed by atoms with van der Waals surface area (Å²) < 4.78 is 10.7. The van der Waals surface area contributed by atoms with Gasteiger partial charge in [0.15, 0.2) is 0 Å². The smallest absolute Gasteiger partial charge is 0.251 e. The fourth-order valence-corrected chi connectivity index (χ4v) is 2.13. The maximum absolute atomic E-state index is 12.1. The maximum Gasteiger partial charge on any atom is 0.251 e. The standard InChI is InChI=1S/C19H24N2O3/c1-23-13-12-20-10-11-21-19(22)17-8-5-9-18(14-17)24-15-16-6-3-2-4-7-16/h2-9,14,20H,10-13,15H2,1H3,(H,21,22). The molecular weight excluding hydrogens is 304 g/mol. The molecule has 0 aliphatic carbocycles. The second-order valence-corrected chi connectivity index (χ2v) is 5.30. The summed E-state index contributed by atoms with van der Waals surface area (Å²) in [6, 6.07) is 17.2. The van der Waals surface area contributed by atoms with Crippen molar-refractivity contribution >= 4 is 5.91 Å². The number of hydrogen-bond donors (Lipinski definition) is 2. The molecular formula is C19H24N2O3. The van der Waals surface area contributed by atoms with Gasteiger partial charge < -0.3 is 20.1 Å². The van der Waals surface area contributed by atoms with Gasteiger partial charge in [-0.3, -0.25) is 4.79 Å². The molecule has 0 bridgehead atoms. The van der Waals surface area contributed by atoms with Crippen LogP contribution in [0.4, 0.5) is 0 Å². The molecule has 0 aliphatic rings. The number of carbonyl (C=O) groups is 1. The van der Waals surface area contributed by atoms with E-state index >= 15 is 0 Å². The van der Waals surface area contributed by atoms with Gasteiger partial charge in [0.2, 0.25) is 0 Å². The molecule has 0 saturated heterocycles. The quantitative estimate of drug-likeness (QED) is 0.657. The van der Waals surface area contributed by atoms with E-state index in [0.717, 1.165) is 12.1 Å². The Hall–Kier alpha value is -2.37. The van der Waals surface area contributed by atoms with Crippen LogP contribution >= 0.6 is 0 Å². The molecule has 0 fully saturated rings. The minimum Gasteiger partial charge on any atom is -0.489 e. The first-order chi connectivity index (χ1) is 11.8. The Labute approximate surface area is 143 Å². The highest BCUT2D eigenvalue weighted by atomic mass is 16.5. The third kappa shape index (κ3) is 6.40. The Kier molecular flexibility index (Phi) is 7.80. The summed E-state index contributed by atoms with van der Waals surface area (Å²) in [6.07, 6.45) is 0. The predicted octanol–water partition coefficient (Wildman–Crippen LogP) is 2.23. The third-order valence-corrected chi connectivity index (χ3v) is 3.41. The number of benzene rings is 2. The van der Waals surface area contributed by atoms with Crippen LogP contribution in [0.25, 0.3) is 0 Å². The van der Waals surface area contributed by atoms with Gasteiger partial charge in [-0.05, 0) is 23.8 Å². The minimum atomic E-state index is -0.103. The molecule has 128 valence electrons. The van der Waals surface area contributed by atoms with E-state index < -0.39 is 0 Å². The highest BCUT2D eigenvalue weighted by Crippen LogP contribution is 2.15. The van der Waals surface area contributed by atoms with Gasteiger partial charge in [-0.1, -0.05) is 36.4 Å². The van der Waals surface area contributed by atoms with Crippen LogP contribution in [0.5, 0.6) is 5.75 Å². The largest absolute Gasteiger partial charge is 0.489 e. The molecule has 2 aromatic carbocycles. The molecule has 0 spiro atoms. The Morgan fingerprint density at radius 1 is 1.00 bits per heavy atom. The molecule has 0 heterocycles. The lowest BCUT2D eigenvalue weighted by Gasteiger charge is -2.09. The van der Waals surface area contributed by atoms with Crippen LogP contribution in [0.15, 0.2) is 54.6 Å². The van der Waals surface area contributed by atoms with Gasteiger partial charge in [0, 0.05) is 32.3 Å². The average molecular weight is 328 g/mol. The molecule has 2 aromatic rings. The minimum absolute atomic E-state index is 0.103. The Morgan fingerprint density at radius 2 is 1.83 bits per heavy atom. The number of nitrogens with one attached hydrogen (secondary N) is 2. The Balaban J connectivity index is 1.77. The summed E-state index contributed by atoms with van der Waals surface area (Å²) in [6.45, 7) is 3.19. The molecule has 2 N–H and O–H groups in total. The first kappa shape index (κ1) is 18.0. The van der Waals surface area contributed by atoms with Gasteiger partial charge in [-0.2, -0.15) is 0 Å². The van der Waals surface area contributed by atoms with Crippen LogP contribution in [0, 0.1) is 0 Å². The summed E-state index contributed by atoms with van der Waals surface area (Å²) >= 11 is 0.